The molecule has 0 radical (unpaired) electrons. The summed E-state index contributed by atoms with van der Waals surface area (Å²) in [5.74, 6) is -3.00. The zero-order valence-corrected chi connectivity index (χ0v) is 21.9. The van der Waals surface area contributed by atoms with Gasteiger partial charge in [-0.05, 0) is 53.9 Å². The van der Waals surface area contributed by atoms with E-state index >= 15 is 0 Å². The molecule has 4 aromatic rings. The number of amides is 1. The lowest BCUT2D eigenvalue weighted by atomic mass is 10.0. The van der Waals surface area contributed by atoms with Gasteiger partial charge in [-0.15, -0.1) is 0 Å². The van der Waals surface area contributed by atoms with E-state index in [4.69, 9.17) is 15.2 Å². The quantitative estimate of drug-likeness (QED) is 0.184. The summed E-state index contributed by atoms with van der Waals surface area (Å²) in [5, 5.41) is 13.8. The number of alkyl halides is 2. The summed E-state index contributed by atoms with van der Waals surface area (Å²) >= 11 is 0. The third kappa shape index (κ3) is 8.11. The summed E-state index contributed by atoms with van der Waals surface area (Å²) in [6.45, 7) is 0.383. The maximum absolute atomic E-state index is 14.3. The van der Waals surface area contributed by atoms with Crippen molar-refractivity contribution in [2.75, 3.05) is 19.7 Å². The molecule has 0 aliphatic carbocycles. The van der Waals surface area contributed by atoms with Crippen LogP contribution in [-0.2, 0) is 19.0 Å². The number of hydrogen-bond acceptors (Lipinski definition) is 5. The van der Waals surface area contributed by atoms with Crippen molar-refractivity contribution >= 4 is 5.91 Å². The van der Waals surface area contributed by atoms with Crippen LogP contribution in [0.4, 0.5) is 8.78 Å². The minimum absolute atomic E-state index is 0.0851. The Morgan fingerprint density at radius 2 is 1.55 bits per heavy atom. The third-order valence-corrected chi connectivity index (χ3v) is 6.36. The lowest BCUT2D eigenvalue weighted by molar-refractivity contribution is -0.0467. The van der Waals surface area contributed by atoms with Crippen molar-refractivity contribution in [2.24, 2.45) is 5.73 Å². The molecular formula is C32H32F2N2O4. The first-order valence-corrected chi connectivity index (χ1v) is 13.0. The topological polar surface area (TPSA) is 93.8 Å². The van der Waals surface area contributed by atoms with Crippen molar-refractivity contribution in [2.45, 2.75) is 25.1 Å². The summed E-state index contributed by atoms with van der Waals surface area (Å²) in [7, 11) is 0. The highest BCUT2D eigenvalue weighted by molar-refractivity contribution is 5.95. The number of aliphatic hydroxyl groups excluding tert-OH is 1. The first-order chi connectivity index (χ1) is 19.3. The Kier molecular flexibility index (Phi) is 9.83. The van der Waals surface area contributed by atoms with Crippen LogP contribution in [0.5, 0.6) is 11.5 Å². The van der Waals surface area contributed by atoms with Crippen LogP contribution < -0.4 is 20.5 Å². The molecule has 1 atom stereocenters. The van der Waals surface area contributed by atoms with Gasteiger partial charge < -0.3 is 25.6 Å². The molecule has 0 aromatic heterocycles. The maximum atomic E-state index is 14.3. The van der Waals surface area contributed by atoms with Gasteiger partial charge in [-0.25, -0.2) is 0 Å². The standard InChI is InChI=1S/C32H32F2N2O4/c33-32(34,26-9-5-2-6-10-26)22-40-27-14-11-23(12-15-27)17-18-36-20-29(37)25-13-16-30(28(19-25)31(35)38)39-21-24-7-3-1-4-8-24/h1-16,19,29,36-37H,17-18,20-22H2,(H2,35,38)/t29-/m1/s1. The molecule has 0 saturated carbocycles. The minimum Gasteiger partial charge on any atom is -0.488 e. The fourth-order valence-corrected chi connectivity index (χ4v) is 4.09. The van der Waals surface area contributed by atoms with Crippen LogP contribution in [0.3, 0.4) is 0 Å². The number of halogens is 2. The minimum atomic E-state index is -3.08. The van der Waals surface area contributed by atoms with Crippen molar-refractivity contribution in [3.63, 3.8) is 0 Å². The number of carbonyl (C=O) groups is 1. The van der Waals surface area contributed by atoms with Crippen molar-refractivity contribution in [1.82, 2.24) is 5.32 Å². The van der Waals surface area contributed by atoms with E-state index in [1.54, 1.807) is 48.5 Å². The average Bonchev–Trinajstić information content (AvgIpc) is 2.98. The van der Waals surface area contributed by atoms with E-state index in [1.807, 2.05) is 42.5 Å². The summed E-state index contributed by atoms with van der Waals surface area (Å²) in [6.07, 6.45) is -0.199. The van der Waals surface area contributed by atoms with Gasteiger partial charge in [0, 0.05) is 12.1 Å². The molecule has 0 saturated heterocycles. The molecule has 0 fully saturated rings. The van der Waals surface area contributed by atoms with Gasteiger partial charge >= 0.3 is 5.92 Å². The second kappa shape index (κ2) is 13.7. The lowest BCUT2D eigenvalue weighted by Gasteiger charge is -2.17. The van der Waals surface area contributed by atoms with E-state index in [1.165, 1.54) is 12.1 Å². The first-order valence-electron chi connectivity index (χ1n) is 13.0. The van der Waals surface area contributed by atoms with Crippen molar-refractivity contribution in [3.05, 3.63) is 131 Å². The molecule has 0 aliphatic heterocycles. The number of primary amides is 1. The highest BCUT2D eigenvalue weighted by Crippen LogP contribution is 2.29. The normalized spacial score (nSPS) is 12.1. The average molecular weight is 547 g/mol. The molecule has 6 nitrogen and oxygen atoms in total. The van der Waals surface area contributed by atoms with Gasteiger partial charge in [0.1, 0.15) is 18.1 Å². The molecule has 0 aliphatic rings. The van der Waals surface area contributed by atoms with Crippen LogP contribution in [0.25, 0.3) is 0 Å². The fraction of sp³-hybridized carbons (Fsp3) is 0.219. The molecule has 0 unspecified atom stereocenters. The number of benzene rings is 4. The number of hydrogen-bond donors (Lipinski definition) is 3. The SMILES string of the molecule is NC(=O)c1cc([C@H](O)CNCCc2ccc(OCC(F)(F)c3ccccc3)cc2)ccc1OCc1ccccc1. The summed E-state index contributed by atoms with van der Waals surface area (Å²) in [4.78, 5) is 12.0. The van der Waals surface area contributed by atoms with E-state index in [9.17, 15) is 18.7 Å². The van der Waals surface area contributed by atoms with Gasteiger partial charge in [-0.2, -0.15) is 8.78 Å². The number of rotatable bonds is 14. The summed E-state index contributed by atoms with van der Waals surface area (Å²) in [6, 6.07) is 29.0. The van der Waals surface area contributed by atoms with Crippen LogP contribution in [0.2, 0.25) is 0 Å². The summed E-state index contributed by atoms with van der Waals surface area (Å²) < 4.78 is 39.7. The van der Waals surface area contributed by atoms with Gasteiger partial charge in [0.25, 0.3) is 5.91 Å². The lowest BCUT2D eigenvalue weighted by Crippen LogP contribution is -2.24. The molecule has 0 heterocycles. The van der Waals surface area contributed by atoms with E-state index < -0.39 is 24.5 Å². The highest BCUT2D eigenvalue weighted by atomic mass is 19.3. The molecule has 0 spiro atoms. The second-order valence-corrected chi connectivity index (χ2v) is 9.37. The van der Waals surface area contributed by atoms with Gasteiger partial charge in [-0.3, -0.25) is 4.79 Å². The number of nitrogens with one attached hydrogen (secondary N) is 1. The Labute approximate surface area is 232 Å². The molecule has 0 bridgehead atoms. The monoisotopic (exact) mass is 546 g/mol. The third-order valence-electron chi connectivity index (χ3n) is 6.36. The molecule has 4 N–H and O–H groups in total. The molecule has 40 heavy (non-hydrogen) atoms. The van der Waals surface area contributed by atoms with Gasteiger partial charge in [0.15, 0.2) is 6.61 Å². The van der Waals surface area contributed by atoms with Gasteiger partial charge in [0.05, 0.1) is 11.7 Å². The Morgan fingerprint density at radius 3 is 2.23 bits per heavy atom. The van der Waals surface area contributed by atoms with Gasteiger partial charge in [-0.1, -0.05) is 78.9 Å². The molecular weight excluding hydrogens is 514 g/mol. The largest absolute Gasteiger partial charge is 0.488 e. The molecule has 1 amide bonds. The van der Waals surface area contributed by atoms with Crippen LogP contribution in [-0.4, -0.2) is 30.7 Å². The Hall–Kier alpha value is -4.27. The zero-order valence-electron chi connectivity index (χ0n) is 21.9. The van der Waals surface area contributed by atoms with E-state index in [0.29, 0.717) is 30.0 Å². The van der Waals surface area contributed by atoms with E-state index in [2.05, 4.69) is 5.32 Å². The molecule has 4 rings (SSSR count). The second-order valence-electron chi connectivity index (χ2n) is 9.37. The zero-order chi connectivity index (χ0) is 28.4. The number of nitrogens with two attached hydrogens (primary N) is 1. The summed E-state index contributed by atoms with van der Waals surface area (Å²) in [5.41, 5.74) is 8.16. The smallest absolute Gasteiger partial charge is 0.306 e. The maximum Gasteiger partial charge on any atom is 0.306 e. The predicted octanol–water partition coefficient (Wildman–Crippen LogP) is 5.40. The number of ether oxygens (including phenoxy) is 2. The fourth-order valence-electron chi connectivity index (χ4n) is 4.09. The van der Waals surface area contributed by atoms with Gasteiger partial charge in [0.2, 0.25) is 0 Å². The van der Waals surface area contributed by atoms with E-state index in [-0.39, 0.29) is 24.3 Å². The Morgan fingerprint density at radius 1 is 0.875 bits per heavy atom. The van der Waals surface area contributed by atoms with E-state index in [0.717, 1.165) is 11.1 Å². The first kappa shape index (κ1) is 28.7. The molecule has 208 valence electrons. The number of carbonyl (C=O) groups excluding carboxylic acids is 1. The van der Waals surface area contributed by atoms with Crippen molar-refractivity contribution in [1.29, 1.82) is 0 Å². The Balaban J connectivity index is 1.23. The Bertz CT molecular complexity index is 1370. The predicted molar refractivity (Wildman–Crippen MR) is 150 cm³/mol. The van der Waals surface area contributed by atoms with Crippen LogP contribution in [0, 0.1) is 0 Å². The van der Waals surface area contributed by atoms with Crippen molar-refractivity contribution < 1.29 is 28.2 Å². The number of aliphatic hydroxyl groups is 1. The molecule has 4 aromatic carbocycles. The van der Waals surface area contributed by atoms with Crippen LogP contribution in [0.15, 0.2) is 103 Å². The van der Waals surface area contributed by atoms with Crippen LogP contribution in [0.1, 0.15) is 38.7 Å². The van der Waals surface area contributed by atoms with Crippen LogP contribution >= 0.6 is 0 Å². The van der Waals surface area contributed by atoms with Crippen molar-refractivity contribution in [3.8, 4) is 11.5 Å². The molecule has 8 heteroatoms. The highest BCUT2D eigenvalue weighted by Gasteiger charge is 2.32.